The van der Waals surface area contributed by atoms with Crippen molar-refractivity contribution in [2.24, 2.45) is 23.7 Å². The lowest BCUT2D eigenvalue weighted by atomic mass is 9.79. The van der Waals surface area contributed by atoms with Crippen LogP contribution in [0, 0.1) is 33.8 Å². The SMILES string of the molecule is O=C(Nc1ccc([N+](=O)[O-])cc1)[C@@H]1[C@@H]2C[C@@H]3[C@@H]1C(=O)O[C@@H]3C2. The van der Waals surface area contributed by atoms with Gasteiger partial charge in [0, 0.05) is 23.7 Å². The molecule has 1 N–H and O–H groups in total. The molecule has 2 bridgehead atoms. The number of amides is 1. The van der Waals surface area contributed by atoms with Crippen molar-refractivity contribution in [3.8, 4) is 0 Å². The monoisotopic (exact) mass is 302 g/mol. The number of carbonyl (C=O) groups is 2. The molecule has 0 radical (unpaired) electrons. The van der Waals surface area contributed by atoms with Crippen LogP contribution in [0.4, 0.5) is 11.4 Å². The minimum atomic E-state index is -0.490. The molecule has 7 heteroatoms. The molecular formula is C15H14N2O5. The van der Waals surface area contributed by atoms with Crippen molar-refractivity contribution in [1.29, 1.82) is 0 Å². The summed E-state index contributed by atoms with van der Waals surface area (Å²) in [7, 11) is 0. The maximum Gasteiger partial charge on any atom is 0.310 e. The number of nitro groups is 1. The van der Waals surface area contributed by atoms with E-state index in [-0.39, 0.29) is 47.3 Å². The van der Waals surface area contributed by atoms with Crippen LogP contribution in [0.3, 0.4) is 0 Å². The van der Waals surface area contributed by atoms with E-state index in [9.17, 15) is 19.7 Å². The number of nitrogens with zero attached hydrogens (tertiary/aromatic N) is 1. The first-order valence-electron chi connectivity index (χ1n) is 7.30. The van der Waals surface area contributed by atoms with E-state index >= 15 is 0 Å². The van der Waals surface area contributed by atoms with Crippen LogP contribution in [0.25, 0.3) is 0 Å². The van der Waals surface area contributed by atoms with Gasteiger partial charge in [0.15, 0.2) is 0 Å². The van der Waals surface area contributed by atoms with E-state index in [0.29, 0.717) is 5.69 Å². The zero-order valence-electron chi connectivity index (χ0n) is 11.6. The van der Waals surface area contributed by atoms with Crippen LogP contribution in [0.5, 0.6) is 0 Å². The summed E-state index contributed by atoms with van der Waals surface area (Å²) in [4.78, 5) is 34.5. The van der Waals surface area contributed by atoms with Gasteiger partial charge in [-0.1, -0.05) is 0 Å². The summed E-state index contributed by atoms with van der Waals surface area (Å²) >= 11 is 0. The number of fused-ring (bicyclic) bond motifs is 1. The first-order chi connectivity index (χ1) is 10.5. The molecule has 22 heavy (non-hydrogen) atoms. The fourth-order valence-electron chi connectivity index (χ4n) is 4.26. The van der Waals surface area contributed by atoms with E-state index < -0.39 is 4.92 Å². The number of hydrogen-bond acceptors (Lipinski definition) is 5. The zero-order valence-corrected chi connectivity index (χ0v) is 11.6. The van der Waals surface area contributed by atoms with Gasteiger partial charge in [-0.3, -0.25) is 19.7 Å². The van der Waals surface area contributed by atoms with Gasteiger partial charge in [0.25, 0.3) is 5.69 Å². The van der Waals surface area contributed by atoms with Crippen LogP contribution in [0.15, 0.2) is 24.3 Å². The lowest BCUT2D eigenvalue weighted by Gasteiger charge is -2.23. The molecular weight excluding hydrogens is 288 g/mol. The number of non-ortho nitro benzene ring substituents is 1. The summed E-state index contributed by atoms with van der Waals surface area (Å²) in [6.07, 6.45) is 1.65. The van der Waals surface area contributed by atoms with Gasteiger partial charge in [0.05, 0.1) is 16.8 Å². The van der Waals surface area contributed by atoms with Crippen molar-refractivity contribution in [3.63, 3.8) is 0 Å². The highest BCUT2D eigenvalue weighted by atomic mass is 16.6. The van der Waals surface area contributed by atoms with Crippen LogP contribution >= 0.6 is 0 Å². The average Bonchev–Trinajstić information content (AvgIpc) is 3.09. The second-order valence-corrected chi connectivity index (χ2v) is 6.22. The topological polar surface area (TPSA) is 98.5 Å². The molecule has 0 unspecified atom stereocenters. The fraction of sp³-hybridized carbons (Fsp3) is 0.467. The van der Waals surface area contributed by atoms with Crippen LogP contribution in [0.2, 0.25) is 0 Å². The second kappa shape index (κ2) is 4.53. The van der Waals surface area contributed by atoms with Gasteiger partial charge in [-0.2, -0.15) is 0 Å². The Kier molecular flexibility index (Phi) is 2.72. The molecule has 0 spiro atoms. The maximum absolute atomic E-state index is 12.5. The summed E-state index contributed by atoms with van der Waals surface area (Å²) < 4.78 is 5.32. The van der Waals surface area contributed by atoms with E-state index in [1.807, 2.05) is 0 Å². The van der Waals surface area contributed by atoms with Crippen LogP contribution < -0.4 is 5.32 Å². The summed E-state index contributed by atoms with van der Waals surface area (Å²) in [5.41, 5.74) is 0.474. The average molecular weight is 302 g/mol. The van der Waals surface area contributed by atoms with E-state index in [2.05, 4.69) is 5.32 Å². The number of esters is 1. The molecule has 114 valence electrons. The van der Waals surface area contributed by atoms with E-state index in [1.54, 1.807) is 0 Å². The van der Waals surface area contributed by atoms with Crippen molar-refractivity contribution in [1.82, 2.24) is 0 Å². The number of ether oxygens (including phenoxy) is 1. The molecule has 1 heterocycles. The van der Waals surface area contributed by atoms with Gasteiger partial charge in [-0.05, 0) is 30.9 Å². The molecule has 0 aromatic heterocycles. The van der Waals surface area contributed by atoms with Crippen molar-refractivity contribution >= 4 is 23.3 Å². The minimum Gasteiger partial charge on any atom is -0.462 e. The van der Waals surface area contributed by atoms with Gasteiger partial charge >= 0.3 is 5.97 Å². The van der Waals surface area contributed by atoms with E-state index in [1.165, 1.54) is 24.3 Å². The zero-order chi connectivity index (χ0) is 15.4. The van der Waals surface area contributed by atoms with Gasteiger partial charge in [0.2, 0.25) is 5.91 Å². The second-order valence-electron chi connectivity index (χ2n) is 6.22. The van der Waals surface area contributed by atoms with Gasteiger partial charge < -0.3 is 10.1 Å². The Morgan fingerprint density at radius 3 is 2.68 bits per heavy atom. The van der Waals surface area contributed by atoms with Crippen LogP contribution in [-0.2, 0) is 14.3 Å². The minimum absolute atomic E-state index is 0.00549. The molecule has 1 aliphatic heterocycles. The molecule has 2 saturated carbocycles. The third-order valence-electron chi connectivity index (χ3n) is 5.13. The number of rotatable bonds is 3. The molecule has 1 aromatic carbocycles. The Bertz CT molecular complexity index is 669. The quantitative estimate of drug-likeness (QED) is 0.521. The Labute approximate surface area is 125 Å². The molecule has 3 fully saturated rings. The van der Waals surface area contributed by atoms with Gasteiger partial charge in [-0.15, -0.1) is 0 Å². The Morgan fingerprint density at radius 2 is 2.00 bits per heavy atom. The summed E-state index contributed by atoms with van der Waals surface area (Å²) in [6.45, 7) is 0. The molecule has 3 aliphatic rings. The van der Waals surface area contributed by atoms with Crippen LogP contribution in [0.1, 0.15) is 12.8 Å². The number of nitro benzene ring substituents is 1. The predicted octanol–water partition coefficient (Wildman–Crippen LogP) is 1.73. The van der Waals surface area contributed by atoms with Crippen molar-refractivity contribution in [2.45, 2.75) is 18.9 Å². The molecule has 1 aromatic rings. The third kappa shape index (κ3) is 1.81. The standard InChI is InChI=1S/C15H14N2O5/c18-14(16-8-1-3-9(4-2-8)17(20)21)12-7-5-10-11(6-7)22-15(19)13(10)12/h1-4,7,10-13H,5-6H2,(H,16,18)/t7-,10+,11-,12-,13+/m1/s1. The number of carbonyl (C=O) groups excluding carboxylic acids is 2. The Morgan fingerprint density at radius 1 is 1.27 bits per heavy atom. The molecule has 5 atom stereocenters. The fourth-order valence-corrected chi connectivity index (χ4v) is 4.26. The van der Waals surface area contributed by atoms with E-state index in [0.717, 1.165) is 12.8 Å². The highest BCUT2D eigenvalue weighted by Crippen LogP contribution is 2.57. The highest BCUT2D eigenvalue weighted by molar-refractivity contribution is 5.97. The number of hydrogen-bond donors (Lipinski definition) is 1. The summed E-state index contributed by atoms with van der Waals surface area (Å²) in [5, 5.41) is 13.4. The van der Waals surface area contributed by atoms with Crippen molar-refractivity contribution in [3.05, 3.63) is 34.4 Å². The lowest BCUT2D eigenvalue weighted by Crippen LogP contribution is -2.35. The molecule has 2 aliphatic carbocycles. The maximum atomic E-state index is 12.5. The predicted molar refractivity (Wildman–Crippen MR) is 74.8 cm³/mol. The Balaban J connectivity index is 1.51. The van der Waals surface area contributed by atoms with Crippen molar-refractivity contribution in [2.75, 3.05) is 5.32 Å². The Hall–Kier alpha value is -2.44. The molecule has 4 rings (SSSR count). The van der Waals surface area contributed by atoms with E-state index in [4.69, 9.17) is 4.74 Å². The first kappa shape index (κ1) is 13.2. The number of nitrogens with one attached hydrogen (secondary N) is 1. The lowest BCUT2D eigenvalue weighted by molar-refractivity contribution is -0.384. The molecule has 1 saturated heterocycles. The highest BCUT2D eigenvalue weighted by Gasteiger charge is 2.63. The van der Waals surface area contributed by atoms with Gasteiger partial charge in [-0.25, -0.2) is 0 Å². The number of benzene rings is 1. The molecule has 1 amide bonds. The largest absolute Gasteiger partial charge is 0.462 e. The normalized spacial score (nSPS) is 34.5. The smallest absolute Gasteiger partial charge is 0.310 e. The third-order valence-corrected chi connectivity index (χ3v) is 5.13. The first-order valence-corrected chi connectivity index (χ1v) is 7.30. The van der Waals surface area contributed by atoms with Crippen LogP contribution in [-0.4, -0.2) is 22.9 Å². The summed E-state index contributed by atoms with van der Waals surface area (Å²) in [6, 6.07) is 5.69. The molecule has 7 nitrogen and oxygen atoms in total. The summed E-state index contributed by atoms with van der Waals surface area (Å²) in [5.74, 6) is -0.717. The van der Waals surface area contributed by atoms with Gasteiger partial charge in [0.1, 0.15) is 6.10 Å². The number of anilines is 1. The van der Waals surface area contributed by atoms with Crippen molar-refractivity contribution < 1.29 is 19.2 Å².